The molecule has 1 saturated carbocycles. The molecule has 0 aromatic heterocycles. The summed E-state index contributed by atoms with van der Waals surface area (Å²) in [5.74, 6) is 0.460. The maximum absolute atomic E-state index is 12.4. The second-order valence-corrected chi connectivity index (χ2v) is 8.32. The van der Waals surface area contributed by atoms with E-state index < -0.39 is 14.9 Å². The molecule has 0 saturated heterocycles. The fourth-order valence-corrected chi connectivity index (χ4v) is 4.12. The molecule has 0 amide bonds. The minimum absolute atomic E-state index is 0.165. The summed E-state index contributed by atoms with van der Waals surface area (Å²) in [6.07, 6.45) is 3.27. The molecule has 1 aliphatic rings. The third-order valence-corrected chi connectivity index (χ3v) is 6.05. The van der Waals surface area contributed by atoms with Crippen LogP contribution in [0.1, 0.15) is 42.7 Å². The number of benzene rings is 2. The smallest absolute Gasteiger partial charge is 0.258 e. The minimum Gasteiger partial charge on any atom is -0.258 e. The molecule has 1 N–H and O–H groups in total. The van der Waals surface area contributed by atoms with Crippen molar-refractivity contribution in [2.75, 3.05) is 0 Å². The van der Waals surface area contributed by atoms with E-state index in [2.05, 4.69) is 22.1 Å². The average molecular weight is 387 g/mol. The molecular formula is C19H21N3O4S. The van der Waals surface area contributed by atoms with Gasteiger partial charge in [0.1, 0.15) is 0 Å². The zero-order chi connectivity index (χ0) is 19.4. The topological polar surface area (TPSA) is 102 Å². The van der Waals surface area contributed by atoms with Gasteiger partial charge in [0.2, 0.25) is 0 Å². The molecule has 0 radical (unpaired) electrons. The van der Waals surface area contributed by atoms with Crippen molar-refractivity contribution in [1.29, 1.82) is 0 Å². The van der Waals surface area contributed by atoms with Crippen LogP contribution in [0.3, 0.4) is 0 Å². The van der Waals surface area contributed by atoms with Crippen LogP contribution in [0.5, 0.6) is 0 Å². The quantitative estimate of drug-likeness (QED) is 0.621. The summed E-state index contributed by atoms with van der Waals surface area (Å²) >= 11 is 0. The molecule has 3 rings (SSSR count). The van der Waals surface area contributed by atoms with Crippen molar-refractivity contribution in [2.45, 2.75) is 43.4 Å². The number of aryl methyl sites for hydroxylation is 1. The van der Waals surface area contributed by atoms with Crippen molar-refractivity contribution in [3.8, 4) is 0 Å². The third-order valence-electron chi connectivity index (χ3n) is 4.85. The highest BCUT2D eigenvalue weighted by Gasteiger charge is 2.22. The van der Waals surface area contributed by atoms with Crippen LogP contribution in [0.2, 0.25) is 0 Å². The second kappa shape index (κ2) is 7.87. The molecule has 0 atom stereocenters. The molecule has 0 heterocycles. The lowest BCUT2D eigenvalue weighted by Crippen LogP contribution is -2.22. The van der Waals surface area contributed by atoms with Gasteiger partial charge < -0.3 is 0 Å². The first-order valence-electron chi connectivity index (χ1n) is 8.74. The number of nitrogens with zero attached hydrogens (tertiary/aromatic N) is 2. The van der Waals surface area contributed by atoms with Crippen LogP contribution in [-0.4, -0.2) is 19.1 Å². The van der Waals surface area contributed by atoms with Gasteiger partial charge in [-0.2, -0.15) is 13.5 Å². The Bertz CT molecular complexity index is 962. The van der Waals surface area contributed by atoms with Crippen molar-refractivity contribution < 1.29 is 13.3 Å². The zero-order valence-electron chi connectivity index (χ0n) is 15.0. The van der Waals surface area contributed by atoms with Crippen LogP contribution in [-0.2, 0) is 10.0 Å². The summed E-state index contributed by atoms with van der Waals surface area (Å²) in [6, 6.07) is 14.1. The van der Waals surface area contributed by atoms with E-state index in [0.29, 0.717) is 11.5 Å². The van der Waals surface area contributed by atoms with Gasteiger partial charge in [-0.25, -0.2) is 4.83 Å². The number of sulfonamides is 1. The van der Waals surface area contributed by atoms with E-state index in [4.69, 9.17) is 0 Å². The largest absolute Gasteiger partial charge is 0.276 e. The van der Waals surface area contributed by atoms with E-state index in [-0.39, 0.29) is 10.6 Å². The Hall–Kier alpha value is -2.74. The zero-order valence-corrected chi connectivity index (χ0v) is 15.8. The monoisotopic (exact) mass is 387 g/mol. The fraction of sp³-hybridized carbons (Fsp3) is 0.316. The van der Waals surface area contributed by atoms with E-state index in [1.165, 1.54) is 17.7 Å². The van der Waals surface area contributed by atoms with E-state index in [1.54, 1.807) is 6.92 Å². The third kappa shape index (κ3) is 4.51. The van der Waals surface area contributed by atoms with E-state index in [0.717, 1.165) is 37.5 Å². The van der Waals surface area contributed by atoms with Crippen LogP contribution in [0.25, 0.3) is 0 Å². The first kappa shape index (κ1) is 19.0. The first-order valence-corrected chi connectivity index (χ1v) is 10.2. The van der Waals surface area contributed by atoms with E-state index >= 15 is 0 Å². The number of nitro benzene ring substituents is 1. The predicted molar refractivity (Wildman–Crippen MR) is 103 cm³/mol. The van der Waals surface area contributed by atoms with Gasteiger partial charge in [0.05, 0.1) is 9.82 Å². The standard InChI is InChI=1S/C19H21N3O4S/c1-14-7-12-18(13-19(14)22(23)24)27(25,26)21-20-17-10-8-16(9-11-17)15-5-3-2-4-6-15/h2-7,12-13,16,21H,8-11H2,1H3. The van der Waals surface area contributed by atoms with Gasteiger partial charge in [0.15, 0.2) is 0 Å². The Morgan fingerprint density at radius 1 is 1.11 bits per heavy atom. The molecule has 8 heteroatoms. The first-order chi connectivity index (χ1) is 12.9. The highest BCUT2D eigenvalue weighted by Crippen LogP contribution is 2.31. The van der Waals surface area contributed by atoms with E-state index in [1.807, 2.05) is 18.2 Å². The summed E-state index contributed by atoms with van der Waals surface area (Å²) in [6.45, 7) is 1.56. The number of hydrogen-bond acceptors (Lipinski definition) is 5. The van der Waals surface area contributed by atoms with Gasteiger partial charge in [-0.05, 0) is 50.2 Å². The summed E-state index contributed by atoms with van der Waals surface area (Å²) in [5, 5.41) is 15.1. The SMILES string of the molecule is Cc1ccc(S(=O)(=O)NN=C2CCC(c3ccccc3)CC2)cc1[N+](=O)[O-]. The Labute approximate surface area is 158 Å². The number of hydrogen-bond donors (Lipinski definition) is 1. The molecular weight excluding hydrogens is 366 g/mol. The van der Waals surface area contributed by atoms with Gasteiger partial charge in [-0.3, -0.25) is 10.1 Å². The van der Waals surface area contributed by atoms with E-state index in [9.17, 15) is 18.5 Å². The Balaban J connectivity index is 1.67. The van der Waals surface area contributed by atoms with Gasteiger partial charge in [0, 0.05) is 17.3 Å². The number of rotatable bonds is 5. The minimum atomic E-state index is -3.94. The normalized spacial score (nSPS) is 17.4. The van der Waals surface area contributed by atoms with Gasteiger partial charge in [0.25, 0.3) is 15.7 Å². The van der Waals surface area contributed by atoms with Gasteiger partial charge in [-0.1, -0.05) is 36.4 Å². The molecule has 0 bridgehead atoms. The van der Waals surface area contributed by atoms with Crippen molar-refractivity contribution in [3.05, 3.63) is 69.8 Å². The fourth-order valence-electron chi connectivity index (χ4n) is 3.25. The molecule has 2 aromatic carbocycles. The maximum Gasteiger partial charge on any atom is 0.276 e. The van der Waals surface area contributed by atoms with Crippen molar-refractivity contribution in [2.24, 2.45) is 5.10 Å². The highest BCUT2D eigenvalue weighted by molar-refractivity contribution is 7.89. The summed E-state index contributed by atoms with van der Waals surface area (Å²) in [7, 11) is -3.94. The Kier molecular flexibility index (Phi) is 5.55. The number of hydrazone groups is 1. The Morgan fingerprint density at radius 2 is 1.78 bits per heavy atom. The number of nitro groups is 1. The predicted octanol–water partition coefficient (Wildman–Crippen LogP) is 3.90. The molecule has 1 aliphatic carbocycles. The Morgan fingerprint density at radius 3 is 2.41 bits per heavy atom. The van der Waals surface area contributed by atoms with Crippen LogP contribution < -0.4 is 4.83 Å². The summed E-state index contributed by atoms with van der Waals surface area (Å²) in [4.78, 5) is 12.5. The summed E-state index contributed by atoms with van der Waals surface area (Å²) < 4.78 is 24.8. The second-order valence-electron chi connectivity index (χ2n) is 6.66. The van der Waals surface area contributed by atoms with Crippen LogP contribution >= 0.6 is 0 Å². The molecule has 2 aromatic rings. The van der Waals surface area contributed by atoms with Gasteiger partial charge in [-0.15, -0.1) is 0 Å². The lowest BCUT2D eigenvalue weighted by atomic mass is 9.83. The maximum atomic E-state index is 12.4. The van der Waals surface area contributed by atoms with Crippen molar-refractivity contribution in [1.82, 2.24) is 4.83 Å². The van der Waals surface area contributed by atoms with Gasteiger partial charge >= 0.3 is 0 Å². The molecule has 142 valence electrons. The molecule has 7 nitrogen and oxygen atoms in total. The highest BCUT2D eigenvalue weighted by atomic mass is 32.2. The summed E-state index contributed by atoms with van der Waals surface area (Å²) in [5.41, 5.74) is 2.27. The molecule has 0 unspecified atom stereocenters. The van der Waals surface area contributed by atoms with Crippen LogP contribution in [0.15, 0.2) is 58.5 Å². The van der Waals surface area contributed by atoms with Crippen molar-refractivity contribution in [3.63, 3.8) is 0 Å². The molecule has 27 heavy (non-hydrogen) atoms. The lowest BCUT2D eigenvalue weighted by molar-refractivity contribution is -0.385. The van der Waals surface area contributed by atoms with Crippen LogP contribution in [0.4, 0.5) is 5.69 Å². The number of nitrogens with one attached hydrogen (secondary N) is 1. The average Bonchev–Trinajstić information content (AvgIpc) is 2.67. The van der Waals surface area contributed by atoms with Crippen molar-refractivity contribution >= 4 is 21.4 Å². The lowest BCUT2D eigenvalue weighted by Gasteiger charge is -2.23. The molecule has 0 aliphatic heterocycles. The van der Waals surface area contributed by atoms with Crippen LogP contribution in [0, 0.1) is 17.0 Å². The molecule has 0 spiro atoms. The molecule has 1 fully saturated rings.